The van der Waals surface area contributed by atoms with Crippen LogP contribution in [0.1, 0.15) is 116 Å². The van der Waals surface area contributed by atoms with Gasteiger partial charge in [-0.25, -0.2) is 0 Å². The average Bonchev–Trinajstić information content (AvgIpc) is 2.50. The highest BCUT2D eigenvalue weighted by molar-refractivity contribution is 4.81. The lowest BCUT2D eigenvalue weighted by atomic mass is 10.1. The average molecular weight is 294 g/mol. The molecule has 0 aliphatic heterocycles. The highest BCUT2D eigenvalue weighted by Crippen LogP contribution is 2.11. The molecule has 0 bridgehead atoms. The Balaban J connectivity index is 3.02. The molecule has 21 heavy (non-hydrogen) atoms. The second-order valence-corrected chi connectivity index (χ2v) is 6.50. The quantitative estimate of drug-likeness (QED) is 0.188. The Labute approximate surface area is 135 Å². The molecule has 0 spiro atoms. The van der Waals surface area contributed by atoms with Crippen LogP contribution in [-0.4, -0.2) is 0 Å². The van der Waals surface area contributed by atoms with E-state index in [1.807, 2.05) is 0 Å². The van der Waals surface area contributed by atoms with Crippen LogP contribution in [-0.2, 0) is 0 Å². The summed E-state index contributed by atoms with van der Waals surface area (Å²) < 4.78 is 0. The predicted molar refractivity (Wildman–Crippen MR) is 98.7 cm³/mol. The Morgan fingerprint density at radius 3 is 1.33 bits per heavy atom. The summed E-state index contributed by atoms with van der Waals surface area (Å²) in [7, 11) is 0. The zero-order chi connectivity index (χ0) is 15.4. The number of unbranched alkanes of at least 4 members (excludes halogenated alkanes) is 15. The first-order valence-corrected chi connectivity index (χ1v) is 9.86. The van der Waals surface area contributed by atoms with Crippen molar-refractivity contribution < 1.29 is 0 Å². The van der Waals surface area contributed by atoms with Crippen LogP contribution in [0.2, 0.25) is 0 Å². The van der Waals surface area contributed by atoms with Crippen LogP contribution in [0.15, 0.2) is 12.2 Å². The second-order valence-electron chi connectivity index (χ2n) is 6.50. The number of hydrogen-bond donors (Lipinski definition) is 0. The second kappa shape index (κ2) is 19.7. The van der Waals surface area contributed by atoms with Crippen molar-refractivity contribution in [2.75, 3.05) is 0 Å². The van der Waals surface area contributed by atoms with E-state index < -0.39 is 0 Å². The molecule has 0 saturated heterocycles. The van der Waals surface area contributed by atoms with Crippen molar-refractivity contribution in [2.24, 2.45) is 0 Å². The van der Waals surface area contributed by atoms with Crippen LogP contribution < -0.4 is 0 Å². The van der Waals surface area contributed by atoms with Crippen molar-refractivity contribution in [1.82, 2.24) is 0 Å². The van der Waals surface area contributed by atoms with Gasteiger partial charge in [0.05, 0.1) is 0 Å². The molecular formula is C21H41. The minimum absolute atomic E-state index is 1.11. The Kier molecular flexibility index (Phi) is 19.5. The molecule has 0 nitrogen and oxygen atoms in total. The van der Waals surface area contributed by atoms with Crippen molar-refractivity contribution in [2.45, 2.75) is 116 Å². The van der Waals surface area contributed by atoms with E-state index >= 15 is 0 Å². The van der Waals surface area contributed by atoms with E-state index in [4.69, 9.17) is 0 Å². The highest BCUT2D eigenvalue weighted by atomic mass is 14.0. The SMILES string of the molecule is [CH2]CCCCCCCCCC=CCCCCCCCCC. The topological polar surface area (TPSA) is 0 Å². The fourth-order valence-corrected chi connectivity index (χ4v) is 2.78. The van der Waals surface area contributed by atoms with E-state index in [-0.39, 0.29) is 0 Å². The lowest BCUT2D eigenvalue weighted by Gasteiger charge is -2.00. The zero-order valence-corrected chi connectivity index (χ0v) is 14.9. The monoisotopic (exact) mass is 293 g/mol. The smallest absolute Gasteiger partial charge is 0.0351 e. The van der Waals surface area contributed by atoms with Crippen molar-refractivity contribution in [3.63, 3.8) is 0 Å². The van der Waals surface area contributed by atoms with Crippen molar-refractivity contribution in [1.29, 1.82) is 0 Å². The first-order valence-electron chi connectivity index (χ1n) is 9.86. The van der Waals surface area contributed by atoms with E-state index in [9.17, 15) is 0 Å². The van der Waals surface area contributed by atoms with Gasteiger partial charge < -0.3 is 0 Å². The Hall–Kier alpha value is -0.260. The van der Waals surface area contributed by atoms with Gasteiger partial charge in [-0.2, -0.15) is 0 Å². The minimum atomic E-state index is 1.11. The van der Waals surface area contributed by atoms with Crippen LogP contribution in [0.3, 0.4) is 0 Å². The van der Waals surface area contributed by atoms with E-state index in [0.717, 1.165) is 6.42 Å². The van der Waals surface area contributed by atoms with E-state index in [1.54, 1.807) is 0 Å². The fraction of sp³-hybridized carbons (Fsp3) is 0.857. The molecule has 0 aliphatic carbocycles. The zero-order valence-electron chi connectivity index (χ0n) is 14.9. The summed E-state index contributed by atoms with van der Waals surface area (Å²) in [5, 5.41) is 0. The third-order valence-corrected chi connectivity index (χ3v) is 4.26. The van der Waals surface area contributed by atoms with Crippen LogP contribution in [0.25, 0.3) is 0 Å². The number of hydrogen-bond acceptors (Lipinski definition) is 0. The van der Waals surface area contributed by atoms with Crippen LogP contribution in [0.4, 0.5) is 0 Å². The molecule has 0 fully saturated rings. The predicted octanol–water partition coefficient (Wildman–Crippen LogP) is 8.03. The van der Waals surface area contributed by atoms with Gasteiger partial charge in [0, 0.05) is 0 Å². The summed E-state index contributed by atoms with van der Waals surface area (Å²) in [5.41, 5.74) is 0. The minimum Gasteiger partial charge on any atom is -0.0885 e. The molecule has 0 aliphatic rings. The summed E-state index contributed by atoms with van der Waals surface area (Å²) in [6, 6.07) is 0. The van der Waals surface area contributed by atoms with Gasteiger partial charge in [0.15, 0.2) is 0 Å². The Bertz CT molecular complexity index is 192. The standard InChI is InChI=1S/C21H41/c1-3-5-7-9-11-13-15-17-19-21-20-18-16-14-12-10-8-6-4-2/h20-21H,1,3-19H2,2H3. The first kappa shape index (κ1) is 20.7. The normalized spacial score (nSPS) is 11.5. The number of rotatable bonds is 17. The van der Waals surface area contributed by atoms with E-state index in [2.05, 4.69) is 26.0 Å². The van der Waals surface area contributed by atoms with Crippen molar-refractivity contribution in [3.05, 3.63) is 19.1 Å². The third kappa shape index (κ3) is 19.7. The molecular weight excluding hydrogens is 252 g/mol. The van der Waals surface area contributed by atoms with Gasteiger partial charge in [-0.3, -0.25) is 0 Å². The molecule has 0 aromatic heterocycles. The molecule has 125 valence electrons. The molecule has 0 rings (SSSR count). The molecule has 0 N–H and O–H groups in total. The van der Waals surface area contributed by atoms with Crippen LogP contribution in [0, 0.1) is 6.92 Å². The third-order valence-electron chi connectivity index (χ3n) is 4.26. The van der Waals surface area contributed by atoms with Gasteiger partial charge in [-0.15, -0.1) is 0 Å². The maximum absolute atomic E-state index is 3.89. The van der Waals surface area contributed by atoms with E-state index in [1.165, 1.54) is 103 Å². The summed E-state index contributed by atoms with van der Waals surface area (Å²) in [6.07, 6.45) is 28.3. The van der Waals surface area contributed by atoms with E-state index in [0.29, 0.717) is 0 Å². The summed E-state index contributed by atoms with van der Waals surface area (Å²) in [4.78, 5) is 0. The largest absolute Gasteiger partial charge is 0.0885 e. The van der Waals surface area contributed by atoms with Crippen LogP contribution in [0.5, 0.6) is 0 Å². The summed E-state index contributed by atoms with van der Waals surface area (Å²) >= 11 is 0. The lowest BCUT2D eigenvalue weighted by molar-refractivity contribution is 0.582. The molecule has 0 unspecified atom stereocenters. The maximum Gasteiger partial charge on any atom is -0.0351 e. The first-order chi connectivity index (χ1) is 10.4. The van der Waals surface area contributed by atoms with Crippen LogP contribution >= 0.6 is 0 Å². The van der Waals surface area contributed by atoms with Gasteiger partial charge in [-0.05, 0) is 25.7 Å². The molecule has 0 amide bonds. The molecule has 0 aromatic carbocycles. The molecule has 0 heterocycles. The number of allylic oxidation sites excluding steroid dienone is 2. The van der Waals surface area contributed by atoms with Crippen molar-refractivity contribution in [3.8, 4) is 0 Å². The maximum atomic E-state index is 3.89. The highest BCUT2D eigenvalue weighted by Gasteiger charge is 1.91. The Morgan fingerprint density at radius 2 is 0.905 bits per heavy atom. The Morgan fingerprint density at radius 1 is 0.524 bits per heavy atom. The summed E-state index contributed by atoms with van der Waals surface area (Å²) in [6.45, 7) is 6.18. The molecule has 0 aromatic rings. The summed E-state index contributed by atoms with van der Waals surface area (Å²) in [5.74, 6) is 0. The van der Waals surface area contributed by atoms with Gasteiger partial charge in [0.25, 0.3) is 0 Å². The van der Waals surface area contributed by atoms with Crippen molar-refractivity contribution >= 4 is 0 Å². The lowest BCUT2D eigenvalue weighted by Crippen LogP contribution is -1.80. The van der Waals surface area contributed by atoms with Gasteiger partial charge in [0.1, 0.15) is 0 Å². The fourth-order valence-electron chi connectivity index (χ4n) is 2.78. The van der Waals surface area contributed by atoms with Gasteiger partial charge in [-0.1, -0.05) is 109 Å². The van der Waals surface area contributed by atoms with Gasteiger partial charge >= 0.3 is 0 Å². The van der Waals surface area contributed by atoms with Gasteiger partial charge in [0.2, 0.25) is 0 Å². The molecule has 1 radical (unpaired) electrons. The molecule has 0 atom stereocenters. The molecule has 0 heteroatoms. The molecule has 0 saturated carbocycles.